The van der Waals surface area contributed by atoms with E-state index in [1.54, 1.807) is 0 Å². The first-order valence-corrected chi connectivity index (χ1v) is 6.41. The summed E-state index contributed by atoms with van der Waals surface area (Å²) >= 11 is 12.0. The van der Waals surface area contributed by atoms with Crippen molar-refractivity contribution in [3.05, 3.63) is 10.4 Å². The van der Waals surface area contributed by atoms with Crippen molar-refractivity contribution in [1.82, 2.24) is 0 Å². The Kier molecular flexibility index (Phi) is 2.72. The van der Waals surface area contributed by atoms with Gasteiger partial charge < -0.3 is 0 Å². The van der Waals surface area contributed by atoms with E-state index >= 15 is 0 Å². The minimum atomic E-state index is -3.77. The van der Waals surface area contributed by atoms with Crippen LogP contribution in [0.25, 0.3) is 0 Å². The molecule has 0 spiro atoms. The van der Waals surface area contributed by atoms with Crippen LogP contribution in [0.1, 0.15) is 6.42 Å². The predicted molar refractivity (Wildman–Crippen MR) is 49.5 cm³/mol. The maximum Gasteiger partial charge on any atom is 0.262 e. The highest BCUT2D eigenvalue weighted by Crippen LogP contribution is 2.51. The molecule has 0 radical (unpaired) electrons. The van der Waals surface area contributed by atoms with E-state index in [1.165, 1.54) is 6.08 Å². The van der Waals surface area contributed by atoms with Gasteiger partial charge >= 0.3 is 0 Å². The third-order valence-corrected chi connectivity index (χ3v) is 6.44. The number of hydrogen-bond donors (Lipinski definition) is 0. The van der Waals surface area contributed by atoms with Crippen LogP contribution in [0.3, 0.4) is 0 Å². The molecule has 0 amide bonds. The zero-order valence-corrected chi connectivity index (χ0v) is 8.95. The Morgan fingerprint density at radius 2 is 2.18 bits per heavy atom. The third kappa shape index (κ3) is 1.98. The Balaban J connectivity index is 2.92. The van der Waals surface area contributed by atoms with Gasteiger partial charge in [-0.2, -0.15) is 0 Å². The zero-order chi connectivity index (χ0) is 8.70. The summed E-state index contributed by atoms with van der Waals surface area (Å²) < 4.78 is 20.5. The number of halogens is 3. The van der Waals surface area contributed by atoms with E-state index in [2.05, 4.69) is 0 Å². The maximum absolute atomic E-state index is 10.8. The zero-order valence-electron chi connectivity index (χ0n) is 5.05. The standard InChI is InChI=1S/C4H3Cl3O2S2/c5-3-1-2-4(6,10-3)11(7,8)9/h1H,2H2. The first-order chi connectivity index (χ1) is 4.85. The highest BCUT2D eigenvalue weighted by atomic mass is 35.7. The van der Waals surface area contributed by atoms with Crippen molar-refractivity contribution < 1.29 is 8.42 Å². The molecule has 0 saturated heterocycles. The Morgan fingerprint density at radius 1 is 1.64 bits per heavy atom. The van der Waals surface area contributed by atoms with Crippen LogP contribution in [-0.2, 0) is 9.05 Å². The fourth-order valence-corrected chi connectivity index (χ4v) is 3.68. The normalized spacial score (nSPS) is 32.1. The van der Waals surface area contributed by atoms with Gasteiger partial charge in [0.25, 0.3) is 9.05 Å². The molecule has 1 aliphatic rings. The van der Waals surface area contributed by atoms with E-state index in [-0.39, 0.29) is 6.42 Å². The molecule has 1 atom stereocenters. The Hall–Kier alpha value is 0.910. The van der Waals surface area contributed by atoms with Gasteiger partial charge in [-0.3, -0.25) is 0 Å². The van der Waals surface area contributed by atoms with Gasteiger partial charge in [-0.1, -0.05) is 41.0 Å². The average molecular weight is 254 g/mol. The fraction of sp³-hybridized carbons (Fsp3) is 0.500. The number of thioether (sulfide) groups is 1. The quantitative estimate of drug-likeness (QED) is 0.532. The number of alkyl halides is 1. The van der Waals surface area contributed by atoms with Gasteiger partial charge in [-0.25, -0.2) is 8.42 Å². The lowest BCUT2D eigenvalue weighted by atomic mass is 10.5. The van der Waals surface area contributed by atoms with E-state index in [9.17, 15) is 8.42 Å². The van der Waals surface area contributed by atoms with Gasteiger partial charge in [0.1, 0.15) is 0 Å². The smallest absolute Gasteiger partial charge is 0.209 e. The monoisotopic (exact) mass is 252 g/mol. The molecule has 1 aliphatic heterocycles. The van der Waals surface area contributed by atoms with Gasteiger partial charge in [0.05, 0.1) is 4.36 Å². The van der Waals surface area contributed by atoms with Crippen molar-refractivity contribution in [2.45, 2.75) is 9.96 Å². The van der Waals surface area contributed by atoms with Crippen molar-refractivity contribution in [1.29, 1.82) is 0 Å². The molecule has 1 unspecified atom stereocenters. The minimum absolute atomic E-state index is 0.143. The first-order valence-electron chi connectivity index (χ1n) is 2.53. The lowest BCUT2D eigenvalue weighted by Gasteiger charge is -2.14. The summed E-state index contributed by atoms with van der Waals surface area (Å²) in [6.07, 6.45) is 1.67. The molecular weight excluding hydrogens is 251 g/mol. The van der Waals surface area contributed by atoms with Crippen molar-refractivity contribution in [3.8, 4) is 0 Å². The minimum Gasteiger partial charge on any atom is -0.209 e. The molecule has 11 heavy (non-hydrogen) atoms. The molecule has 1 heterocycles. The fourth-order valence-electron chi connectivity index (χ4n) is 0.580. The highest BCUT2D eigenvalue weighted by Gasteiger charge is 2.44. The van der Waals surface area contributed by atoms with E-state index < -0.39 is 12.6 Å². The van der Waals surface area contributed by atoms with Crippen LogP contribution in [0, 0.1) is 0 Å². The van der Waals surface area contributed by atoms with Gasteiger partial charge in [-0.05, 0) is 0 Å². The number of rotatable bonds is 1. The second kappa shape index (κ2) is 3.00. The molecule has 64 valence electrons. The Labute approximate surface area is 83.3 Å². The van der Waals surface area contributed by atoms with Crippen LogP contribution in [0.15, 0.2) is 10.4 Å². The summed E-state index contributed by atoms with van der Waals surface area (Å²) in [7, 11) is 1.30. The van der Waals surface area contributed by atoms with Crippen molar-refractivity contribution in [3.63, 3.8) is 0 Å². The molecule has 0 aromatic heterocycles. The van der Waals surface area contributed by atoms with Crippen LogP contribution >= 0.6 is 45.6 Å². The topological polar surface area (TPSA) is 34.1 Å². The third-order valence-electron chi connectivity index (χ3n) is 1.12. The van der Waals surface area contributed by atoms with Gasteiger partial charge in [0.15, 0.2) is 0 Å². The summed E-state index contributed by atoms with van der Waals surface area (Å²) in [5, 5.41) is 0. The average Bonchev–Trinajstić information content (AvgIpc) is 2.10. The van der Waals surface area contributed by atoms with Crippen LogP contribution in [0.4, 0.5) is 0 Å². The molecule has 0 aromatic rings. The maximum atomic E-state index is 10.8. The SMILES string of the molecule is O=S(=O)(Cl)C1(Cl)CC=C(Cl)S1. The summed E-state index contributed by atoms with van der Waals surface area (Å²) in [5.74, 6) is 0. The lowest BCUT2D eigenvalue weighted by Crippen LogP contribution is -2.20. The summed E-state index contributed by atoms with van der Waals surface area (Å²) in [5.41, 5.74) is 0. The van der Waals surface area contributed by atoms with E-state index in [0.29, 0.717) is 4.36 Å². The van der Waals surface area contributed by atoms with Crippen LogP contribution in [0.5, 0.6) is 0 Å². The number of allylic oxidation sites excluding steroid dienone is 1. The molecule has 0 saturated carbocycles. The van der Waals surface area contributed by atoms with Gasteiger partial charge in [0, 0.05) is 17.1 Å². The van der Waals surface area contributed by atoms with E-state index in [4.69, 9.17) is 33.9 Å². The predicted octanol–water partition coefficient (Wildman–Crippen LogP) is 2.66. The Morgan fingerprint density at radius 3 is 2.36 bits per heavy atom. The molecular formula is C4H3Cl3O2S2. The van der Waals surface area contributed by atoms with E-state index in [0.717, 1.165) is 11.8 Å². The molecule has 7 heteroatoms. The van der Waals surface area contributed by atoms with Crippen LogP contribution in [-0.4, -0.2) is 12.0 Å². The molecule has 0 aliphatic carbocycles. The summed E-state index contributed by atoms with van der Waals surface area (Å²) in [6.45, 7) is 0. The van der Waals surface area contributed by atoms with Gasteiger partial charge in [0.2, 0.25) is 3.54 Å². The molecule has 0 N–H and O–H groups in total. The lowest BCUT2D eigenvalue weighted by molar-refractivity contribution is 0.603. The molecule has 0 bridgehead atoms. The number of hydrogen-bond acceptors (Lipinski definition) is 3. The van der Waals surface area contributed by atoms with E-state index in [1.807, 2.05) is 0 Å². The highest BCUT2D eigenvalue weighted by molar-refractivity contribution is 8.28. The van der Waals surface area contributed by atoms with Crippen molar-refractivity contribution in [2.24, 2.45) is 0 Å². The summed E-state index contributed by atoms with van der Waals surface area (Å²) in [6, 6.07) is 0. The van der Waals surface area contributed by atoms with Gasteiger partial charge in [-0.15, -0.1) is 0 Å². The molecule has 0 aromatic carbocycles. The van der Waals surface area contributed by atoms with Crippen molar-refractivity contribution >= 4 is 54.7 Å². The van der Waals surface area contributed by atoms with Crippen LogP contribution < -0.4 is 0 Å². The van der Waals surface area contributed by atoms with Crippen LogP contribution in [0.2, 0.25) is 0 Å². The second-order valence-electron chi connectivity index (χ2n) is 1.91. The van der Waals surface area contributed by atoms with Crippen molar-refractivity contribution in [2.75, 3.05) is 0 Å². The molecule has 2 nitrogen and oxygen atoms in total. The molecule has 0 fully saturated rings. The first kappa shape index (κ1) is 9.99. The largest absolute Gasteiger partial charge is 0.262 e. The summed E-state index contributed by atoms with van der Waals surface area (Å²) in [4.78, 5) is 0. The second-order valence-corrected chi connectivity index (χ2v) is 8.03. The molecule has 1 rings (SSSR count). The Bertz CT molecular complexity index is 296.